The smallest absolute Gasteiger partial charge is 0.307 e. The monoisotopic (exact) mass is 287 g/mol. The minimum absolute atomic E-state index is 0.0168. The summed E-state index contributed by atoms with van der Waals surface area (Å²) in [6.45, 7) is 4.62. The van der Waals surface area contributed by atoms with Gasteiger partial charge in [0.1, 0.15) is 0 Å². The topological polar surface area (TPSA) is 29.5 Å². The van der Waals surface area contributed by atoms with E-state index in [9.17, 15) is 4.79 Å². The number of hydrogen-bond donors (Lipinski definition) is 0. The fraction of sp³-hybridized carbons (Fsp3) is 0.611. The molecule has 1 heterocycles. The number of benzene rings is 1. The molecule has 3 heteroatoms. The molecular weight excluding hydrogens is 262 g/mol. The zero-order chi connectivity index (χ0) is 14.7. The molecule has 1 aliphatic heterocycles. The molecule has 1 saturated heterocycles. The number of carbonyl (C=O) groups is 1. The summed E-state index contributed by atoms with van der Waals surface area (Å²) in [5.74, 6) is -0.0382. The second-order valence-corrected chi connectivity index (χ2v) is 6.35. The van der Waals surface area contributed by atoms with Gasteiger partial charge < -0.3 is 4.74 Å². The minimum atomic E-state index is -0.0382. The first-order valence-corrected chi connectivity index (χ1v) is 8.21. The molecule has 1 aromatic rings. The minimum Gasteiger partial charge on any atom is -0.466 e. The summed E-state index contributed by atoms with van der Waals surface area (Å²) < 4.78 is 5.25. The zero-order valence-electron chi connectivity index (χ0n) is 12.9. The fourth-order valence-electron chi connectivity index (χ4n) is 3.99. The van der Waals surface area contributed by atoms with Crippen molar-refractivity contribution in [2.24, 2.45) is 0 Å². The van der Waals surface area contributed by atoms with Gasteiger partial charge >= 0.3 is 5.97 Å². The van der Waals surface area contributed by atoms with Crippen molar-refractivity contribution in [3.8, 4) is 0 Å². The Balaban J connectivity index is 1.85. The lowest BCUT2D eigenvalue weighted by Gasteiger charge is -2.44. The van der Waals surface area contributed by atoms with Gasteiger partial charge in [0.2, 0.25) is 0 Å². The highest BCUT2D eigenvalue weighted by Gasteiger charge is 2.42. The van der Waals surface area contributed by atoms with Gasteiger partial charge in [-0.15, -0.1) is 0 Å². The highest BCUT2D eigenvalue weighted by Crippen LogP contribution is 2.38. The molecule has 3 nitrogen and oxygen atoms in total. The van der Waals surface area contributed by atoms with Crippen LogP contribution in [0.25, 0.3) is 0 Å². The highest BCUT2D eigenvalue weighted by atomic mass is 16.5. The van der Waals surface area contributed by atoms with Crippen LogP contribution in [-0.4, -0.2) is 36.1 Å². The van der Waals surface area contributed by atoms with Gasteiger partial charge in [-0.1, -0.05) is 24.3 Å². The summed E-state index contributed by atoms with van der Waals surface area (Å²) in [5.41, 5.74) is 2.85. The average molecular weight is 287 g/mol. The Morgan fingerprint density at radius 3 is 2.67 bits per heavy atom. The number of aryl methyl sites for hydroxylation is 1. The van der Waals surface area contributed by atoms with Crippen molar-refractivity contribution in [1.82, 2.24) is 4.90 Å². The maximum Gasteiger partial charge on any atom is 0.307 e. The normalized spacial score (nSPS) is 25.6. The second kappa shape index (κ2) is 6.18. The molecule has 0 saturated carbocycles. The van der Waals surface area contributed by atoms with Gasteiger partial charge in [0.25, 0.3) is 0 Å². The standard InChI is InChI=1S/C18H25NO2/c1-2-21-17(20)14-18(19-11-5-6-12-19)10-9-15-7-3-4-8-16(15)13-18/h3-4,7-8H,2,5-6,9-14H2,1H3. The van der Waals surface area contributed by atoms with Crippen molar-refractivity contribution in [2.75, 3.05) is 19.7 Å². The maximum absolute atomic E-state index is 12.1. The van der Waals surface area contributed by atoms with Crippen LogP contribution >= 0.6 is 0 Å². The molecule has 3 rings (SSSR count). The zero-order valence-corrected chi connectivity index (χ0v) is 12.9. The lowest BCUT2D eigenvalue weighted by molar-refractivity contribution is -0.146. The third-order valence-corrected chi connectivity index (χ3v) is 5.05. The van der Waals surface area contributed by atoms with E-state index in [-0.39, 0.29) is 11.5 Å². The molecule has 0 amide bonds. The molecule has 1 aromatic carbocycles. The number of carbonyl (C=O) groups excluding carboxylic acids is 1. The number of hydrogen-bond acceptors (Lipinski definition) is 3. The summed E-state index contributed by atoms with van der Waals surface area (Å²) in [6, 6.07) is 8.69. The fourth-order valence-corrected chi connectivity index (χ4v) is 3.99. The van der Waals surface area contributed by atoms with Crippen LogP contribution < -0.4 is 0 Å². The van der Waals surface area contributed by atoms with E-state index in [2.05, 4.69) is 29.2 Å². The molecule has 1 fully saturated rings. The first kappa shape index (κ1) is 14.6. The molecule has 0 N–H and O–H groups in total. The largest absolute Gasteiger partial charge is 0.466 e. The molecule has 1 atom stereocenters. The third-order valence-electron chi connectivity index (χ3n) is 5.05. The van der Waals surface area contributed by atoms with Crippen LogP contribution in [0.1, 0.15) is 43.7 Å². The van der Waals surface area contributed by atoms with Crippen LogP contribution in [0.15, 0.2) is 24.3 Å². The van der Waals surface area contributed by atoms with Crippen LogP contribution in [0.3, 0.4) is 0 Å². The summed E-state index contributed by atoms with van der Waals surface area (Å²) in [6.07, 6.45) is 6.19. The van der Waals surface area contributed by atoms with Crippen LogP contribution in [0, 0.1) is 0 Å². The molecule has 21 heavy (non-hydrogen) atoms. The van der Waals surface area contributed by atoms with E-state index in [1.54, 1.807) is 0 Å². The van der Waals surface area contributed by atoms with Crippen LogP contribution in [0.4, 0.5) is 0 Å². The van der Waals surface area contributed by atoms with E-state index < -0.39 is 0 Å². The number of rotatable bonds is 4. The van der Waals surface area contributed by atoms with Gasteiger partial charge in [-0.2, -0.15) is 0 Å². The Kier molecular flexibility index (Phi) is 4.29. The Hall–Kier alpha value is -1.35. The Bertz CT molecular complexity index is 508. The molecule has 0 spiro atoms. The molecule has 1 aliphatic carbocycles. The van der Waals surface area contributed by atoms with Crippen molar-refractivity contribution in [3.63, 3.8) is 0 Å². The number of nitrogens with zero attached hydrogens (tertiary/aromatic N) is 1. The number of ether oxygens (including phenoxy) is 1. The molecule has 114 valence electrons. The van der Waals surface area contributed by atoms with Gasteiger partial charge in [-0.25, -0.2) is 0 Å². The Morgan fingerprint density at radius 1 is 1.24 bits per heavy atom. The first-order valence-electron chi connectivity index (χ1n) is 8.21. The summed E-state index contributed by atoms with van der Waals surface area (Å²) in [7, 11) is 0. The number of esters is 1. The lowest BCUT2D eigenvalue weighted by Crippen LogP contribution is -2.52. The van der Waals surface area contributed by atoms with E-state index in [0.717, 1.165) is 32.4 Å². The predicted molar refractivity (Wildman–Crippen MR) is 83.3 cm³/mol. The van der Waals surface area contributed by atoms with E-state index >= 15 is 0 Å². The SMILES string of the molecule is CCOC(=O)CC1(N2CCCC2)CCc2ccccc2C1. The van der Waals surface area contributed by atoms with E-state index in [4.69, 9.17) is 4.74 Å². The maximum atomic E-state index is 12.1. The molecule has 0 radical (unpaired) electrons. The Labute approximate surface area is 127 Å². The van der Waals surface area contributed by atoms with Gasteiger partial charge in [0.15, 0.2) is 0 Å². The van der Waals surface area contributed by atoms with E-state index in [0.29, 0.717) is 13.0 Å². The van der Waals surface area contributed by atoms with Crippen molar-refractivity contribution in [3.05, 3.63) is 35.4 Å². The van der Waals surface area contributed by atoms with Gasteiger partial charge in [0, 0.05) is 5.54 Å². The quantitative estimate of drug-likeness (QED) is 0.797. The Morgan fingerprint density at radius 2 is 1.95 bits per heavy atom. The summed E-state index contributed by atoms with van der Waals surface area (Å²) in [5, 5.41) is 0. The average Bonchev–Trinajstić information content (AvgIpc) is 3.02. The molecule has 2 aliphatic rings. The second-order valence-electron chi connectivity index (χ2n) is 6.35. The van der Waals surface area contributed by atoms with E-state index in [1.165, 1.54) is 24.0 Å². The molecular formula is C18H25NO2. The van der Waals surface area contributed by atoms with Crippen molar-refractivity contribution in [2.45, 2.75) is 51.0 Å². The van der Waals surface area contributed by atoms with Crippen LogP contribution in [0.5, 0.6) is 0 Å². The highest BCUT2D eigenvalue weighted by molar-refractivity contribution is 5.71. The van der Waals surface area contributed by atoms with Crippen LogP contribution in [0.2, 0.25) is 0 Å². The van der Waals surface area contributed by atoms with Gasteiger partial charge in [-0.05, 0) is 63.2 Å². The van der Waals surface area contributed by atoms with Crippen molar-refractivity contribution < 1.29 is 9.53 Å². The lowest BCUT2D eigenvalue weighted by atomic mass is 9.75. The molecule has 0 bridgehead atoms. The molecule has 1 unspecified atom stereocenters. The predicted octanol–water partition coefficient (Wildman–Crippen LogP) is 2.96. The third kappa shape index (κ3) is 2.98. The van der Waals surface area contributed by atoms with Crippen LogP contribution in [-0.2, 0) is 22.4 Å². The van der Waals surface area contributed by atoms with Gasteiger partial charge in [0.05, 0.1) is 13.0 Å². The first-order chi connectivity index (χ1) is 10.2. The number of fused-ring (bicyclic) bond motifs is 1. The van der Waals surface area contributed by atoms with E-state index in [1.807, 2.05) is 6.92 Å². The van der Waals surface area contributed by atoms with Crippen molar-refractivity contribution in [1.29, 1.82) is 0 Å². The summed E-state index contributed by atoms with van der Waals surface area (Å²) in [4.78, 5) is 14.7. The molecule has 0 aromatic heterocycles. The van der Waals surface area contributed by atoms with Gasteiger partial charge in [-0.3, -0.25) is 9.69 Å². The summed E-state index contributed by atoms with van der Waals surface area (Å²) >= 11 is 0. The van der Waals surface area contributed by atoms with Crippen molar-refractivity contribution >= 4 is 5.97 Å². The number of likely N-dealkylation sites (tertiary alicyclic amines) is 1.